The standard InChI is InChI=1S/CH2O2.Cr.FH.2Fe.K.H2O4S.H/c2-1-3;;;;;;1-5(2,3)4;/h1H,(H,2,3);;1H;;;;(H2,1,2,3,4);/q;;;;;+1;;-1. The van der Waals surface area contributed by atoms with Gasteiger partial charge in [0.05, 0.1) is 0 Å². The molecule has 0 aliphatic heterocycles. The van der Waals surface area contributed by atoms with Gasteiger partial charge < -0.3 is 6.53 Å². The van der Waals surface area contributed by atoms with Crippen LogP contribution in [0.15, 0.2) is 0 Å². The molecule has 0 fully saturated rings. The molecule has 0 radical (unpaired) electrons. The van der Waals surface area contributed by atoms with Crippen LogP contribution in [0, 0.1) is 0 Å². The molecule has 0 aromatic carbocycles. The first-order valence-corrected chi connectivity index (χ1v) is 2.59. The molecule has 0 bridgehead atoms. The van der Waals surface area contributed by atoms with Crippen molar-refractivity contribution < 1.29 is 136 Å². The van der Waals surface area contributed by atoms with Crippen LogP contribution in [0.1, 0.15) is 1.43 Å². The molecule has 0 atom stereocenters. The van der Waals surface area contributed by atoms with Crippen LogP contribution < -0.4 is 51.4 Å². The second-order valence-corrected chi connectivity index (χ2v) is 1.45. The molecule has 6 nitrogen and oxygen atoms in total. The molecule has 0 aromatic rings. The van der Waals surface area contributed by atoms with E-state index in [-0.39, 0.29) is 115 Å². The molecular weight excluding hydrogens is 362 g/mol. The Hall–Kier alpha value is 2.48. The van der Waals surface area contributed by atoms with Gasteiger partial charge in [0.15, 0.2) is 0 Å². The molecule has 82 valence electrons. The van der Waals surface area contributed by atoms with Gasteiger partial charge in [-0.3, -0.25) is 18.6 Å². The quantitative estimate of drug-likeness (QED) is 0.231. The molecule has 0 spiro atoms. The van der Waals surface area contributed by atoms with Gasteiger partial charge in [-0.05, 0) is 0 Å². The molecule has 0 aliphatic rings. The maximum absolute atomic E-state index is 8.74. The van der Waals surface area contributed by atoms with Crippen LogP contribution in [0.4, 0.5) is 4.70 Å². The maximum atomic E-state index is 8.74. The number of rotatable bonds is 0. The monoisotopic (exact) mass is 368 g/mol. The van der Waals surface area contributed by atoms with Crippen LogP contribution >= 0.6 is 0 Å². The first-order valence-electron chi connectivity index (χ1n) is 1.19. The normalized spacial score (nSPS) is 5.38. The molecule has 13 heavy (non-hydrogen) atoms. The minimum atomic E-state index is -4.67. The van der Waals surface area contributed by atoms with Crippen LogP contribution in [0.2, 0.25) is 0 Å². The van der Waals surface area contributed by atoms with Gasteiger partial charge in [0.2, 0.25) is 0 Å². The van der Waals surface area contributed by atoms with Crippen molar-refractivity contribution in [2.75, 3.05) is 0 Å². The predicted octanol–water partition coefficient (Wildman–Crippen LogP) is -3.69. The zero-order valence-corrected chi connectivity index (χ0v) is 13.5. The van der Waals surface area contributed by atoms with E-state index in [2.05, 4.69) is 0 Å². The molecule has 0 rings (SSSR count). The molecule has 0 aromatic heterocycles. The van der Waals surface area contributed by atoms with Crippen LogP contribution in [-0.2, 0) is 66.7 Å². The predicted molar refractivity (Wildman–Crippen MR) is 26.5 cm³/mol. The van der Waals surface area contributed by atoms with Gasteiger partial charge in [-0.25, -0.2) is 0 Å². The zero-order chi connectivity index (χ0) is 7.21. The summed E-state index contributed by atoms with van der Waals surface area (Å²) in [7, 11) is -4.67. The minimum Gasteiger partial charge on any atom is -1.00 e. The smallest absolute Gasteiger partial charge is 1.00 e. The Bertz CT molecular complexity index is 150. The van der Waals surface area contributed by atoms with E-state index in [1.807, 2.05) is 0 Å². The summed E-state index contributed by atoms with van der Waals surface area (Å²) in [4.78, 5) is 8.36. The average Bonchev–Trinajstić information content (AvgIpc) is 1.27. The summed E-state index contributed by atoms with van der Waals surface area (Å²) in [5.74, 6) is 0. The molecule has 0 unspecified atom stereocenters. The van der Waals surface area contributed by atoms with Crippen LogP contribution in [0.25, 0.3) is 0 Å². The van der Waals surface area contributed by atoms with Crippen LogP contribution in [0.3, 0.4) is 0 Å². The largest absolute Gasteiger partial charge is 1.00 e. The summed E-state index contributed by atoms with van der Waals surface area (Å²) < 4.78 is 31.6. The van der Waals surface area contributed by atoms with Crippen molar-refractivity contribution in [3.8, 4) is 0 Å². The third-order valence-corrected chi connectivity index (χ3v) is 0. The van der Waals surface area contributed by atoms with E-state index >= 15 is 0 Å². The Balaban J connectivity index is -0.00000000626. The fourth-order valence-corrected chi connectivity index (χ4v) is 0. The number of hydrogen-bond acceptors (Lipinski definition) is 3. The summed E-state index contributed by atoms with van der Waals surface area (Å²) in [6.07, 6.45) is 0. The molecular formula is CH6CrFFe2KO6S. The Kier molecular flexibility index (Phi) is 102. The Morgan fingerprint density at radius 1 is 1.15 bits per heavy atom. The van der Waals surface area contributed by atoms with E-state index in [0.717, 1.165) is 0 Å². The Labute approximate surface area is 151 Å². The molecule has 0 saturated carbocycles. The van der Waals surface area contributed by atoms with E-state index in [1.54, 1.807) is 0 Å². The minimum absolute atomic E-state index is 0. The Morgan fingerprint density at radius 3 is 1.15 bits per heavy atom. The second kappa shape index (κ2) is 29.3. The Morgan fingerprint density at radius 2 is 1.15 bits per heavy atom. The summed E-state index contributed by atoms with van der Waals surface area (Å²) in [5.41, 5.74) is 0. The van der Waals surface area contributed by atoms with Crippen LogP contribution in [-0.4, -0.2) is 29.1 Å². The van der Waals surface area contributed by atoms with Gasteiger partial charge in [-0.15, -0.1) is 0 Å². The maximum Gasteiger partial charge on any atom is 1.00 e. The van der Waals surface area contributed by atoms with Gasteiger partial charge in [0.1, 0.15) is 0 Å². The van der Waals surface area contributed by atoms with Gasteiger partial charge in [0, 0.05) is 51.5 Å². The van der Waals surface area contributed by atoms with E-state index in [4.69, 9.17) is 27.4 Å². The fraction of sp³-hybridized carbons (Fsp3) is 0. The van der Waals surface area contributed by atoms with E-state index < -0.39 is 10.4 Å². The van der Waals surface area contributed by atoms with Crippen molar-refractivity contribution in [3.05, 3.63) is 0 Å². The van der Waals surface area contributed by atoms with E-state index in [0.29, 0.717) is 0 Å². The van der Waals surface area contributed by atoms with Gasteiger partial charge in [-0.2, -0.15) is 8.42 Å². The number of hydrogen-bond donors (Lipinski definition) is 3. The number of carbonyl (C=O) groups is 1. The zero-order valence-electron chi connectivity index (χ0n) is 7.08. The van der Waals surface area contributed by atoms with Crippen molar-refractivity contribution in [3.63, 3.8) is 0 Å². The SMILES string of the molecule is F.O=CO.O=S(=O)(O)O.[Cr].[Fe].[Fe].[H-].[K+]. The van der Waals surface area contributed by atoms with Crippen LogP contribution in [0.5, 0.6) is 0 Å². The average molecular weight is 368 g/mol. The molecule has 0 aliphatic carbocycles. The first kappa shape index (κ1) is 45.1. The van der Waals surface area contributed by atoms with Gasteiger partial charge in [-0.1, -0.05) is 0 Å². The summed E-state index contributed by atoms with van der Waals surface area (Å²) in [6, 6.07) is 0. The first-order chi connectivity index (χ1) is 3.41. The number of carboxylic acid groups (broad SMARTS) is 1. The van der Waals surface area contributed by atoms with E-state index in [1.165, 1.54) is 0 Å². The molecule has 0 amide bonds. The fourth-order valence-electron chi connectivity index (χ4n) is 0. The molecule has 12 heteroatoms. The van der Waals surface area contributed by atoms with Crippen molar-refractivity contribution >= 4 is 16.9 Å². The molecule has 0 heterocycles. The summed E-state index contributed by atoms with van der Waals surface area (Å²) in [6.45, 7) is -0.250. The summed E-state index contributed by atoms with van der Waals surface area (Å²) in [5, 5.41) is 6.89. The van der Waals surface area contributed by atoms with Gasteiger partial charge in [0.25, 0.3) is 6.47 Å². The van der Waals surface area contributed by atoms with Crippen molar-refractivity contribution in [1.82, 2.24) is 0 Å². The van der Waals surface area contributed by atoms with Gasteiger partial charge >= 0.3 is 61.8 Å². The van der Waals surface area contributed by atoms with E-state index in [9.17, 15) is 0 Å². The van der Waals surface area contributed by atoms with Crippen molar-refractivity contribution in [1.29, 1.82) is 0 Å². The number of halogens is 1. The third kappa shape index (κ3) is 367. The second-order valence-electron chi connectivity index (χ2n) is 0.553. The molecule has 0 saturated heterocycles. The molecule has 3 N–H and O–H groups in total. The summed E-state index contributed by atoms with van der Waals surface area (Å²) >= 11 is 0. The third-order valence-electron chi connectivity index (χ3n) is 0. The van der Waals surface area contributed by atoms with Crippen molar-refractivity contribution in [2.45, 2.75) is 0 Å². The topological polar surface area (TPSA) is 112 Å². The van der Waals surface area contributed by atoms with Crippen molar-refractivity contribution in [2.24, 2.45) is 0 Å².